The third-order valence-corrected chi connectivity index (χ3v) is 7.19. The van der Waals surface area contributed by atoms with E-state index in [2.05, 4.69) is 14.8 Å². The van der Waals surface area contributed by atoms with Gasteiger partial charge in [-0.1, -0.05) is 24.3 Å². The molecule has 3 aromatic carbocycles. The van der Waals surface area contributed by atoms with Crippen LogP contribution in [0.15, 0.2) is 60.7 Å². The predicted molar refractivity (Wildman–Crippen MR) is 127 cm³/mol. The van der Waals surface area contributed by atoms with Gasteiger partial charge in [-0.3, -0.25) is 4.79 Å². The minimum Gasteiger partial charge on any atom is -0.485 e. The second-order valence-electron chi connectivity index (χ2n) is 9.58. The summed E-state index contributed by atoms with van der Waals surface area (Å²) >= 11 is 0. The molecule has 1 amide bonds. The molecule has 1 N–H and O–H groups in total. The van der Waals surface area contributed by atoms with E-state index in [1.165, 1.54) is 31.4 Å². The molecule has 0 bridgehead atoms. The topological polar surface area (TPSA) is 83.1 Å². The van der Waals surface area contributed by atoms with Crippen molar-refractivity contribution in [1.82, 2.24) is 5.32 Å². The van der Waals surface area contributed by atoms with Gasteiger partial charge in [0.25, 0.3) is 0 Å². The van der Waals surface area contributed by atoms with Crippen LogP contribution in [0.1, 0.15) is 58.5 Å². The van der Waals surface area contributed by atoms with Gasteiger partial charge in [0, 0.05) is 18.1 Å². The molecule has 2 aliphatic heterocycles. The van der Waals surface area contributed by atoms with Crippen molar-refractivity contribution in [2.24, 2.45) is 0 Å². The van der Waals surface area contributed by atoms with E-state index >= 15 is 0 Å². The molecule has 3 aromatic rings. The lowest BCUT2D eigenvalue weighted by atomic mass is 9.90. The molecule has 3 aliphatic rings. The molecule has 0 saturated heterocycles. The third-order valence-electron chi connectivity index (χ3n) is 7.19. The van der Waals surface area contributed by atoms with E-state index in [-0.39, 0.29) is 23.2 Å². The zero-order chi connectivity index (χ0) is 26.7. The highest BCUT2D eigenvalue weighted by molar-refractivity contribution is 5.92. The Hall–Kier alpha value is -4.21. The second kappa shape index (κ2) is 8.68. The molecule has 6 rings (SSSR count). The summed E-state index contributed by atoms with van der Waals surface area (Å²) in [4.78, 5) is 25.6. The number of carbonyl (C=O) groups is 2. The van der Waals surface area contributed by atoms with Crippen LogP contribution in [0.3, 0.4) is 0 Å². The van der Waals surface area contributed by atoms with Crippen LogP contribution in [0.2, 0.25) is 0 Å². The van der Waals surface area contributed by atoms with E-state index < -0.39 is 35.6 Å². The molecular formula is C28H22F3NO6. The first-order valence-corrected chi connectivity index (χ1v) is 12.0. The zero-order valence-electron chi connectivity index (χ0n) is 20.1. The number of esters is 1. The maximum absolute atomic E-state index is 14.1. The predicted octanol–water partition coefficient (Wildman–Crippen LogP) is 5.35. The van der Waals surface area contributed by atoms with Crippen molar-refractivity contribution in [3.8, 4) is 17.2 Å². The van der Waals surface area contributed by atoms with Gasteiger partial charge in [0.05, 0.1) is 24.1 Å². The van der Waals surface area contributed by atoms with Gasteiger partial charge in [0.2, 0.25) is 5.91 Å². The Balaban J connectivity index is 1.28. The largest absolute Gasteiger partial charge is 0.586 e. The molecule has 1 fully saturated rings. The van der Waals surface area contributed by atoms with Gasteiger partial charge < -0.3 is 24.3 Å². The lowest BCUT2D eigenvalue weighted by Gasteiger charge is -2.34. The highest BCUT2D eigenvalue weighted by atomic mass is 19.3. The first kappa shape index (κ1) is 24.1. The van der Waals surface area contributed by atoms with Crippen molar-refractivity contribution in [3.63, 3.8) is 0 Å². The number of ether oxygens (including phenoxy) is 4. The number of hydrogen-bond donors (Lipinski definition) is 1. The maximum atomic E-state index is 14.1. The van der Waals surface area contributed by atoms with Crippen molar-refractivity contribution in [1.29, 1.82) is 0 Å². The Bertz CT molecular complexity index is 1450. The quantitative estimate of drug-likeness (QED) is 0.453. The van der Waals surface area contributed by atoms with Crippen molar-refractivity contribution in [2.45, 2.75) is 43.1 Å². The second-order valence-corrected chi connectivity index (χ2v) is 9.58. The molecule has 38 heavy (non-hydrogen) atoms. The van der Waals surface area contributed by atoms with Gasteiger partial charge in [-0.25, -0.2) is 9.18 Å². The SMILES string of the molecule is COC(=O)c1cccc([C@H]2C[C@@H](NC(=O)C3(c4ccc5c(c4)OC(F)(F)O5)CC3)c3ccc(F)cc3O2)c1. The first-order valence-electron chi connectivity index (χ1n) is 12.0. The van der Waals surface area contributed by atoms with Crippen molar-refractivity contribution >= 4 is 11.9 Å². The zero-order valence-corrected chi connectivity index (χ0v) is 20.1. The van der Waals surface area contributed by atoms with Crippen LogP contribution in [0.25, 0.3) is 0 Å². The molecule has 196 valence electrons. The molecule has 0 aromatic heterocycles. The monoisotopic (exact) mass is 525 g/mol. The average Bonchev–Trinajstić information content (AvgIpc) is 3.65. The van der Waals surface area contributed by atoms with E-state index in [0.29, 0.717) is 41.5 Å². The summed E-state index contributed by atoms with van der Waals surface area (Å²) in [7, 11) is 1.29. The number of nitrogens with one attached hydrogen (secondary N) is 1. The standard InChI is InChI=1S/C28H22F3NO6/c1-35-25(33)16-4-2-3-15(11-16)22-14-20(19-7-6-18(29)13-23(19)36-22)32-26(34)27(9-10-27)17-5-8-21-24(12-17)38-28(30,31)37-21/h2-8,11-13,20,22H,9-10,14H2,1H3,(H,32,34)/t20-,22-/m1/s1. The van der Waals surface area contributed by atoms with Crippen LogP contribution in [-0.4, -0.2) is 25.3 Å². The fourth-order valence-electron chi connectivity index (χ4n) is 5.08. The fraction of sp³-hybridized carbons (Fsp3) is 0.286. The number of fused-ring (bicyclic) bond motifs is 2. The minimum absolute atomic E-state index is 0.0904. The number of alkyl halides is 2. The number of rotatable bonds is 5. The Kier molecular flexibility index (Phi) is 5.51. The van der Waals surface area contributed by atoms with Crippen molar-refractivity contribution in [3.05, 3.63) is 88.7 Å². The van der Waals surface area contributed by atoms with Gasteiger partial charge in [-0.2, -0.15) is 0 Å². The van der Waals surface area contributed by atoms with E-state index in [4.69, 9.17) is 9.47 Å². The Morgan fingerprint density at radius 1 is 0.974 bits per heavy atom. The number of hydrogen-bond acceptors (Lipinski definition) is 6. The van der Waals surface area contributed by atoms with Crippen LogP contribution in [0.5, 0.6) is 17.2 Å². The van der Waals surface area contributed by atoms with Crippen LogP contribution < -0.4 is 19.5 Å². The molecule has 2 heterocycles. The molecule has 7 nitrogen and oxygen atoms in total. The molecule has 2 atom stereocenters. The summed E-state index contributed by atoms with van der Waals surface area (Å²) in [6.45, 7) is 0. The van der Waals surface area contributed by atoms with Crippen LogP contribution >= 0.6 is 0 Å². The first-order chi connectivity index (χ1) is 18.2. The highest BCUT2D eigenvalue weighted by Gasteiger charge is 2.53. The van der Waals surface area contributed by atoms with Crippen molar-refractivity contribution in [2.75, 3.05) is 7.11 Å². The summed E-state index contributed by atoms with van der Waals surface area (Å²) < 4.78 is 61.0. The lowest BCUT2D eigenvalue weighted by molar-refractivity contribution is -0.286. The van der Waals surface area contributed by atoms with E-state index in [9.17, 15) is 22.8 Å². The average molecular weight is 525 g/mol. The lowest BCUT2D eigenvalue weighted by Crippen LogP contribution is -2.39. The normalized spacial score (nSPS) is 21.6. The van der Waals surface area contributed by atoms with Gasteiger partial charge in [0.15, 0.2) is 11.5 Å². The van der Waals surface area contributed by atoms with Gasteiger partial charge in [-0.05, 0) is 54.3 Å². The molecular weight excluding hydrogens is 503 g/mol. The Morgan fingerprint density at radius 3 is 2.53 bits per heavy atom. The molecule has 1 aliphatic carbocycles. The fourth-order valence-corrected chi connectivity index (χ4v) is 5.08. The summed E-state index contributed by atoms with van der Waals surface area (Å²) in [6, 6.07) is 14.7. The van der Waals surface area contributed by atoms with Crippen LogP contribution in [0, 0.1) is 5.82 Å². The summed E-state index contributed by atoms with van der Waals surface area (Å²) in [5, 5.41) is 3.07. The smallest absolute Gasteiger partial charge is 0.485 e. The molecule has 0 unspecified atom stereocenters. The number of carbonyl (C=O) groups excluding carboxylic acids is 2. The van der Waals surface area contributed by atoms with Gasteiger partial charge in [0.1, 0.15) is 17.7 Å². The van der Waals surface area contributed by atoms with E-state index in [1.54, 1.807) is 36.4 Å². The molecule has 0 spiro atoms. The van der Waals surface area contributed by atoms with Crippen LogP contribution in [-0.2, 0) is 14.9 Å². The van der Waals surface area contributed by atoms with E-state index in [0.717, 1.165) is 0 Å². The van der Waals surface area contributed by atoms with Crippen LogP contribution in [0.4, 0.5) is 13.2 Å². The minimum atomic E-state index is -3.75. The summed E-state index contributed by atoms with van der Waals surface area (Å²) in [6.07, 6.45) is -2.96. The van der Waals surface area contributed by atoms with Gasteiger partial charge in [-0.15, -0.1) is 8.78 Å². The Morgan fingerprint density at radius 2 is 1.76 bits per heavy atom. The Labute approximate surface area is 215 Å². The number of benzene rings is 3. The number of methoxy groups -OCH3 is 1. The number of amides is 1. The molecule has 0 radical (unpaired) electrons. The summed E-state index contributed by atoms with van der Waals surface area (Å²) in [5.74, 6) is -1.21. The molecule has 10 heteroatoms. The highest BCUT2D eigenvalue weighted by Crippen LogP contribution is 2.52. The summed E-state index contributed by atoms with van der Waals surface area (Å²) in [5.41, 5.74) is 1.25. The van der Waals surface area contributed by atoms with Gasteiger partial charge >= 0.3 is 12.3 Å². The van der Waals surface area contributed by atoms with E-state index in [1.807, 2.05) is 0 Å². The maximum Gasteiger partial charge on any atom is 0.586 e. The number of halogens is 3. The third kappa shape index (κ3) is 4.19. The molecule has 1 saturated carbocycles. The van der Waals surface area contributed by atoms with Crippen molar-refractivity contribution < 1.29 is 41.7 Å².